The quantitative estimate of drug-likeness (QED) is 0.747. The number of para-hydroxylation sites is 1. The first-order valence-corrected chi connectivity index (χ1v) is 9.33. The van der Waals surface area contributed by atoms with Gasteiger partial charge < -0.3 is 19.6 Å². The van der Waals surface area contributed by atoms with Gasteiger partial charge in [0.15, 0.2) is 0 Å². The number of piperazine rings is 1. The normalized spacial score (nSPS) is 16.8. The minimum absolute atomic E-state index is 0.0279. The molecule has 1 atom stereocenters. The van der Waals surface area contributed by atoms with Gasteiger partial charge >= 0.3 is 0 Å². The number of rotatable bonds is 6. The number of likely N-dealkylation sites (N-methyl/N-ethyl adjacent to an activating group) is 1. The summed E-state index contributed by atoms with van der Waals surface area (Å²) in [6, 6.07) is 9.43. The molecule has 27 heavy (non-hydrogen) atoms. The number of hydrogen-bond donors (Lipinski definition) is 0. The minimum Gasteiger partial charge on any atom is -0.375 e. The van der Waals surface area contributed by atoms with Crippen LogP contribution in [0.3, 0.4) is 0 Å². The maximum atomic E-state index is 12.8. The van der Waals surface area contributed by atoms with Gasteiger partial charge in [0, 0.05) is 59.8 Å². The molecule has 7 heteroatoms. The van der Waals surface area contributed by atoms with Crippen LogP contribution in [0.1, 0.15) is 19.8 Å². The van der Waals surface area contributed by atoms with E-state index in [9.17, 15) is 14.4 Å². The summed E-state index contributed by atoms with van der Waals surface area (Å²) >= 11 is 0. The third-order valence-electron chi connectivity index (χ3n) is 4.95. The van der Waals surface area contributed by atoms with Gasteiger partial charge in [-0.15, -0.1) is 0 Å². The van der Waals surface area contributed by atoms with Gasteiger partial charge in [0.05, 0.1) is 6.54 Å². The van der Waals surface area contributed by atoms with Crippen LogP contribution in [-0.2, 0) is 14.4 Å². The average molecular weight is 374 g/mol. The van der Waals surface area contributed by atoms with Crippen LogP contribution in [0.2, 0.25) is 0 Å². The third-order valence-corrected chi connectivity index (χ3v) is 4.95. The molecule has 0 bridgehead atoms. The molecule has 1 aliphatic rings. The molecule has 0 spiro atoms. The summed E-state index contributed by atoms with van der Waals surface area (Å²) in [5.74, 6) is -0.237. The third kappa shape index (κ3) is 5.45. The van der Waals surface area contributed by atoms with Gasteiger partial charge in [0.1, 0.15) is 6.04 Å². The van der Waals surface area contributed by atoms with Gasteiger partial charge in [0.25, 0.3) is 0 Å². The number of amides is 3. The van der Waals surface area contributed by atoms with Crippen LogP contribution >= 0.6 is 0 Å². The van der Waals surface area contributed by atoms with E-state index < -0.39 is 6.04 Å². The Morgan fingerprint density at radius 2 is 1.74 bits per heavy atom. The smallest absolute Gasteiger partial charge is 0.246 e. The molecule has 0 aromatic heterocycles. The first-order valence-electron chi connectivity index (χ1n) is 9.33. The van der Waals surface area contributed by atoms with Crippen LogP contribution < -0.4 is 4.90 Å². The van der Waals surface area contributed by atoms with E-state index in [1.165, 1.54) is 11.8 Å². The Bertz CT molecular complexity index is 662. The maximum Gasteiger partial charge on any atom is 0.246 e. The molecule has 0 radical (unpaired) electrons. The van der Waals surface area contributed by atoms with Crippen molar-refractivity contribution in [1.82, 2.24) is 14.7 Å². The summed E-state index contributed by atoms with van der Waals surface area (Å²) in [5.41, 5.74) is 1.11. The molecule has 1 aromatic rings. The molecule has 1 saturated heterocycles. The summed E-state index contributed by atoms with van der Waals surface area (Å²) in [4.78, 5) is 43.9. The Kier molecular flexibility index (Phi) is 7.21. The maximum absolute atomic E-state index is 12.8. The van der Waals surface area contributed by atoms with Crippen molar-refractivity contribution < 1.29 is 14.4 Å². The molecule has 7 nitrogen and oxygen atoms in total. The predicted molar refractivity (Wildman–Crippen MR) is 105 cm³/mol. The van der Waals surface area contributed by atoms with Crippen LogP contribution in [0.4, 0.5) is 5.69 Å². The van der Waals surface area contributed by atoms with Crippen molar-refractivity contribution in [3.63, 3.8) is 0 Å². The van der Waals surface area contributed by atoms with Crippen LogP contribution in [0.15, 0.2) is 30.3 Å². The second-order valence-corrected chi connectivity index (χ2v) is 7.16. The highest BCUT2D eigenvalue weighted by Crippen LogP contribution is 2.16. The summed E-state index contributed by atoms with van der Waals surface area (Å²) in [7, 11) is 5.35. The predicted octanol–water partition coefficient (Wildman–Crippen LogP) is 1.05. The van der Waals surface area contributed by atoms with Crippen LogP contribution in [-0.4, -0.2) is 85.8 Å². The Morgan fingerprint density at radius 3 is 2.33 bits per heavy atom. The molecule has 3 amide bonds. The van der Waals surface area contributed by atoms with Crippen molar-refractivity contribution in [2.45, 2.75) is 25.8 Å². The standard InChI is InChI=1S/C20H30N4O3/c1-16(25)23-13-14-24(18(15-23)20(27)21(2)3)19(26)11-8-12-22(4)17-9-6-5-7-10-17/h5-7,9-10,18H,8,11-15H2,1-4H3. The van der Waals surface area contributed by atoms with E-state index in [0.717, 1.165) is 12.2 Å². The van der Waals surface area contributed by atoms with Crippen molar-refractivity contribution in [1.29, 1.82) is 0 Å². The zero-order valence-electron chi connectivity index (χ0n) is 16.7. The van der Waals surface area contributed by atoms with Crippen molar-refractivity contribution in [2.75, 3.05) is 52.2 Å². The van der Waals surface area contributed by atoms with Crippen molar-refractivity contribution in [3.05, 3.63) is 30.3 Å². The highest BCUT2D eigenvalue weighted by Gasteiger charge is 2.36. The highest BCUT2D eigenvalue weighted by atomic mass is 16.2. The molecule has 0 aliphatic carbocycles. The lowest BCUT2D eigenvalue weighted by atomic mass is 10.1. The number of benzene rings is 1. The summed E-state index contributed by atoms with van der Waals surface area (Å²) in [6.45, 7) is 3.39. The molecular weight excluding hydrogens is 344 g/mol. The molecule has 1 aliphatic heterocycles. The lowest BCUT2D eigenvalue weighted by Gasteiger charge is -2.41. The lowest BCUT2D eigenvalue weighted by molar-refractivity contribution is -0.151. The van der Waals surface area contributed by atoms with Gasteiger partial charge in [-0.3, -0.25) is 14.4 Å². The second-order valence-electron chi connectivity index (χ2n) is 7.16. The van der Waals surface area contributed by atoms with Crippen LogP contribution in [0.25, 0.3) is 0 Å². The Labute approximate surface area is 161 Å². The molecule has 1 unspecified atom stereocenters. The molecule has 1 fully saturated rings. The zero-order chi connectivity index (χ0) is 20.0. The summed E-state index contributed by atoms with van der Waals surface area (Å²) in [5, 5.41) is 0. The number of anilines is 1. The molecule has 1 aromatic carbocycles. The highest BCUT2D eigenvalue weighted by molar-refractivity contribution is 5.88. The number of hydrogen-bond acceptors (Lipinski definition) is 4. The lowest BCUT2D eigenvalue weighted by Crippen LogP contribution is -2.61. The fraction of sp³-hybridized carbons (Fsp3) is 0.550. The summed E-state index contributed by atoms with van der Waals surface area (Å²) in [6.07, 6.45) is 1.09. The topological polar surface area (TPSA) is 64.2 Å². The summed E-state index contributed by atoms with van der Waals surface area (Å²) < 4.78 is 0. The Hall–Kier alpha value is -2.57. The van der Waals surface area contributed by atoms with Crippen LogP contribution in [0, 0.1) is 0 Å². The van der Waals surface area contributed by atoms with Gasteiger partial charge in [-0.25, -0.2) is 0 Å². The van der Waals surface area contributed by atoms with Crippen molar-refractivity contribution in [2.24, 2.45) is 0 Å². The van der Waals surface area contributed by atoms with Gasteiger partial charge in [0.2, 0.25) is 17.7 Å². The Balaban J connectivity index is 1.94. The van der Waals surface area contributed by atoms with E-state index in [2.05, 4.69) is 4.90 Å². The first kappa shape index (κ1) is 20.7. The molecule has 0 saturated carbocycles. The van der Waals surface area contributed by atoms with Crippen molar-refractivity contribution in [3.8, 4) is 0 Å². The van der Waals surface area contributed by atoms with E-state index in [-0.39, 0.29) is 24.3 Å². The van der Waals surface area contributed by atoms with Gasteiger partial charge in [-0.05, 0) is 18.6 Å². The monoisotopic (exact) mass is 374 g/mol. The number of nitrogens with zero attached hydrogens (tertiary/aromatic N) is 4. The van der Waals surface area contributed by atoms with E-state index in [4.69, 9.17) is 0 Å². The Morgan fingerprint density at radius 1 is 1.07 bits per heavy atom. The minimum atomic E-state index is -0.600. The largest absolute Gasteiger partial charge is 0.375 e. The molecule has 2 rings (SSSR count). The first-order chi connectivity index (χ1) is 12.8. The molecule has 148 valence electrons. The SMILES string of the molecule is CC(=O)N1CCN(C(=O)CCCN(C)c2ccccc2)C(C(=O)N(C)C)C1. The van der Waals surface area contributed by atoms with E-state index in [1.807, 2.05) is 37.4 Å². The number of carbonyl (C=O) groups is 3. The van der Waals surface area contributed by atoms with Crippen molar-refractivity contribution >= 4 is 23.4 Å². The van der Waals surface area contributed by atoms with Gasteiger partial charge in [-0.2, -0.15) is 0 Å². The fourth-order valence-electron chi connectivity index (χ4n) is 3.30. The van der Waals surface area contributed by atoms with Gasteiger partial charge in [-0.1, -0.05) is 18.2 Å². The van der Waals surface area contributed by atoms with Crippen LogP contribution in [0.5, 0.6) is 0 Å². The molecule has 1 heterocycles. The van der Waals surface area contributed by atoms with E-state index in [1.54, 1.807) is 23.9 Å². The number of carbonyl (C=O) groups excluding carboxylic acids is 3. The molecular formula is C20H30N4O3. The average Bonchev–Trinajstić information content (AvgIpc) is 2.67. The zero-order valence-corrected chi connectivity index (χ0v) is 16.7. The fourth-order valence-corrected chi connectivity index (χ4v) is 3.30. The molecule has 0 N–H and O–H groups in total. The van der Waals surface area contributed by atoms with E-state index in [0.29, 0.717) is 25.9 Å². The second kappa shape index (κ2) is 9.39. The van der Waals surface area contributed by atoms with E-state index >= 15 is 0 Å².